The van der Waals surface area contributed by atoms with Crippen LogP contribution in [0.5, 0.6) is 0 Å². The second-order valence-electron chi connectivity index (χ2n) is 8.35. The maximum atomic E-state index is 12.9. The van der Waals surface area contributed by atoms with Gasteiger partial charge in [0.1, 0.15) is 0 Å². The van der Waals surface area contributed by atoms with E-state index in [1.54, 1.807) is 0 Å². The lowest BCUT2D eigenvalue weighted by Crippen LogP contribution is -2.49. The molecular formula is C20H30N2O2. The summed E-state index contributed by atoms with van der Waals surface area (Å²) in [5, 5.41) is 3.26. The van der Waals surface area contributed by atoms with Gasteiger partial charge in [0.15, 0.2) is 0 Å². The van der Waals surface area contributed by atoms with Crippen LogP contribution in [-0.2, 0) is 9.59 Å². The van der Waals surface area contributed by atoms with Crippen LogP contribution in [0.25, 0.3) is 0 Å². The van der Waals surface area contributed by atoms with Crippen LogP contribution in [0.3, 0.4) is 0 Å². The molecule has 4 rings (SSSR count). The van der Waals surface area contributed by atoms with E-state index in [4.69, 9.17) is 0 Å². The van der Waals surface area contributed by atoms with E-state index in [-0.39, 0.29) is 17.7 Å². The summed E-state index contributed by atoms with van der Waals surface area (Å²) in [6.07, 6.45) is 14.6. The third-order valence-electron chi connectivity index (χ3n) is 6.65. The van der Waals surface area contributed by atoms with E-state index in [0.29, 0.717) is 30.3 Å². The molecule has 2 saturated carbocycles. The number of hydrogen-bond acceptors (Lipinski definition) is 2. The van der Waals surface area contributed by atoms with E-state index < -0.39 is 0 Å². The van der Waals surface area contributed by atoms with Crippen LogP contribution in [0.2, 0.25) is 0 Å². The summed E-state index contributed by atoms with van der Waals surface area (Å²) in [4.78, 5) is 27.5. The average Bonchev–Trinajstić information content (AvgIpc) is 3.25. The minimum Gasteiger partial charge on any atom is -0.353 e. The van der Waals surface area contributed by atoms with Crippen LogP contribution in [-0.4, -0.2) is 35.8 Å². The van der Waals surface area contributed by atoms with Crippen LogP contribution in [0.1, 0.15) is 57.8 Å². The Hall–Kier alpha value is -1.32. The predicted octanol–water partition coefficient (Wildman–Crippen LogP) is 2.89. The highest BCUT2D eigenvalue weighted by Crippen LogP contribution is 2.44. The van der Waals surface area contributed by atoms with E-state index in [2.05, 4.69) is 17.5 Å². The summed E-state index contributed by atoms with van der Waals surface area (Å²) in [5.74, 6) is 1.76. The second kappa shape index (κ2) is 6.89. The zero-order chi connectivity index (χ0) is 16.5. The minimum absolute atomic E-state index is 0.00115. The van der Waals surface area contributed by atoms with Crippen molar-refractivity contribution in [2.75, 3.05) is 13.1 Å². The molecule has 3 aliphatic carbocycles. The van der Waals surface area contributed by atoms with Crippen molar-refractivity contribution in [2.45, 2.75) is 63.8 Å². The molecule has 2 amide bonds. The summed E-state index contributed by atoms with van der Waals surface area (Å²) in [6.45, 7) is 1.47. The number of nitrogens with one attached hydrogen (secondary N) is 1. The van der Waals surface area contributed by atoms with Crippen molar-refractivity contribution in [3.63, 3.8) is 0 Å². The molecule has 4 aliphatic rings. The fourth-order valence-corrected chi connectivity index (χ4v) is 5.26. The molecule has 0 aromatic carbocycles. The van der Waals surface area contributed by atoms with Gasteiger partial charge in [0.05, 0.1) is 5.92 Å². The third-order valence-corrected chi connectivity index (χ3v) is 6.65. The summed E-state index contributed by atoms with van der Waals surface area (Å²) in [5.41, 5.74) is 0. The number of carbonyl (C=O) groups is 2. The van der Waals surface area contributed by atoms with Crippen LogP contribution >= 0.6 is 0 Å². The van der Waals surface area contributed by atoms with Gasteiger partial charge in [0, 0.05) is 25.0 Å². The molecule has 0 spiro atoms. The summed E-state index contributed by atoms with van der Waals surface area (Å²) in [7, 11) is 0. The second-order valence-corrected chi connectivity index (χ2v) is 8.35. The van der Waals surface area contributed by atoms with E-state index in [0.717, 1.165) is 45.1 Å². The molecule has 4 nitrogen and oxygen atoms in total. The van der Waals surface area contributed by atoms with Crippen molar-refractivity contribution >= 4 is 11.8 Å². The fraction of sp³-hybridized carbons (Fsp3) is 0.800. The molecule has 4 heteroatoms. The lowest BCUT2D eigenvalue weighted by atomic mass is 9.89. The lowest BCUT2D eigenvalue weighted by Gasteiger charge is -2.35. The van der Waals surface area contributed by atoms with E-state index in [1.807, 2.05) is 4.90 Å². The van der Waals surface area contributed by atoms with Crippen molar-refractivity contribution in [1.82, 2.24) is 10.2 Å². The SMILES string of the molecule is O=C(NC1CCCCC1)C1CCCN(C(=O)C2CC3C=CC2C3)C1. The van der Waals surface area contributed by atoms with Gasteiger partial charge in [-0.1, -0.05) is 31.4 Å². The Morgan fingerprint density at radius 3 is 2.50 bits per heavy atom. The quantitative estimate of drug-likeness (QED) is 0.809. The molecule has 24 heavy (non-hydrogen) atoms. The third kappa shape index (κ3) is 3.25. The molecule has 0 aromatic heterocycles. The number of allylic oxidation sites excluding steroid dienone is 2. The maximum absolute atomic E-state index is 12.9. The van der Waals surface area contributed by atoms with Gasteiger partial charge in [0.2, 0.25) is 11.8 Å². The van der Waals surface area contributed by atoms with Gasteiger partial charge in [-0.3, -0.25) is 9.59 Å². The monoisotopic (exact) mass is 330 g/mol. The molecule has 4 atom stereocenters. The van der Waals surface area contributed by atoms with Crippen molar-refractivity contribution < 1.29 is 9.59 Å². The predicted molar refractivity (Wildman–Crippen MR) is 93.2 cm³/mol. The molecule has 1 saturated heterocycles. The highest BCUT2D eigenvalue weighted by molar-refractivity contribution is 5.83. The number of likely N-dealkylation sites (tertiary alicyclic amines) is 1. The molecule has 1 N–H and O–H groups in total. The first-order valence-electron chi connectivity index (χ1n) is 9.98. The van der Waals surface area contributed by atoms with E-state index in [9.17, 15) is 9.59 Å². The van der Waals surface area contributed by atoms with Crippen LogP contribution in [0.15, 0.2) is 12.2 Å². The lowest BCUT2D eigenvalue weighted by molar-refractivity contribution is -0.140. The molecule has 1 heterocycles. The van der Waals surface area contributed by atoms with Gasteiger partial charge in [-0.05, 0) is 50.4 Å². The zero-order valence-corrected chi connectivity index (χ0v) is 14.6. The van der Waals surface area contributed by atoms with Crippen molar-refractivity contribution in [1.29, 1.82) is 0 Å². The van der Waals surface area contributed by atoms with Gasteiger partial charge in [-0.25, -0.2) is 0 Å². The molecule has 132 valence electrons. The summed E-state index contributed by atoms with van der Waals surface area (Å²) in [6, 6.07) is 0.369. The standard InChI is InChI=1S/C20H30N2O2/c23-19(21-17-6-2-1-3-7-17)16-5-4-10-22(13-16)20(24)18-12-14-8-9-15(18)11-14/h8-9,14-18H,1-7,10-13H2,(H,21,23). The number of rotatable bonds is 3. The Kier molecular flexibility index (Phi) is 4.64. The highest BCUT2D eigenvalue weighted by Gasteiger charge is 2.42. The summed E-state index contributed by atoms with van der Waals surface area (Å²) >= 11 is 0. The van der Waals surface area contributed by atoms with Crippen molar-refractivity contribution in [3.8, 4) is 0 Å². The van der Waals surface area contributed by atoms with Gasteiger partial charge in [0.25, 0.3) is 0 Å². The molecular weight excluding hydrogens is 300 g/mol. The van der Waals surface area contributed by atoms with Crippen LogP contribution in [0.4, 0.5) is 0 Å². The number of hydrogen-bond donors (Lipinski definition) is 1. The Morgan fingerprint density at radius 1 is 0.958 bits per heavy atom. The number of carbonyl (C=O) groups excluding carboxylic acids is 2. The minimum atomic E-state index is -0.00115. The fourth-order valence-electron chi connectivity index (χ4n) is 5.26. The molecule has 4 unspecified atom stereocenters. The molecule has 2 bridgehead atoms. The maximum Gasteiger partial charge on any atom is 0.226 e. The van der Waals surface area contributed by atoms with E-state index >= 15 is 0 Å². The molecule has 0 aromatic rings. The van der Waals surface area contributed by atoms with Crippen LogP contribution in [0, 0.1) is 23.7 Å². The van der Waals surface area contributed by atoms with Gasteiger partial charge in [-0.2, -0.15) is 0 Å². The first kappa shape index (κ1) is 16.2. The Balaban J connectivity index is 1.32. The average molecular weight is 330 g/mol. The number of nitrogens with zero attached hydrogens (tertiary/aromatic N) is 1. The van der Waals surface area contributed by atoms with Gasteiger partial charge < -0.3 is 10.2 Å². The smallest absolute Gasteiger partial charge is 0.226 e. The van der Waals surface area contributed by atoms with Gasteiger partial charge >= 0.3 is 0 Å². The number of piperidine rings is 1. The number of amides is 2. The normalized spacial score (nSPS) is 36.1. The highest BCUT2D eigenvalue weighted by atomic mass is 16.2. The molecule has 1 aliphatic heterocycles. The summed E-state index contributed by atoms with van der Waals surface area (Å²) < 4.78 is 0. The Labute approximate surface area is 145 Å². The van der Waals surface area contributed by atoms with Crippen molar-refractivity contribution in [3.05, 3.63) is 12.2 Å². The first-order valence-corrected chi connectivity index (χ1v) is 9.98. The Bertz CT molecular complexity index is 524. The Morgan fingerprint density at radius 2 is 1.79 bits per heavy atom. The van der Waals surface area contributed by atoms with E-state index in [1.165, 1.54) is 19.3 Å². The zero-order valence-electron chi connectivity index (χ0n) is 14.6. The van der Waals surface area contributed by atoms with Crippen LogP contribution < -0.4 is 5.32 Å². The largest absolute Gasteiger partial charge is 0.353 e. The number of fused-ring (bicyclic) bond motifs is 2. The van der Waals surface area contributed by atoms with Crippen molar-refractivity contribution in [2.24, 2.45) is 23.7 Å². The molecule has 0 radical (unpaired) electrons. The van der Waals surface area contributed by atoms with Gasteiger partial charge in [-0.15, -0.1) is 0 Å². The topological polar surface area (TPSA) is 49.4 Å². The molecule has 3 fully saturated rings. The first-order chi connectivity index (χ1) is 11.7.